The van der Waals surface area contributed by atoms with Crippen LogP contribution in [0, 0.1) is 0 Å². The Labute approximate surface area is 172 Å². The molecule has 2 aliphatic rings. The summed E-state index contributed by atoms with van der Waals surface area (Å²) in [4.78, 5) is 0. The van der Waals surface area contributed by atoms with Crippen molar-refractivity contribution in [2.45, 2.75) is 18.8 Å². The molecule has 0 saturated heterocycles. The van der Waals surface area contributed by atoms with Gasteiger partial charge in [-0.05, 0) is 58.9 Å². The molecule has 3 aromatic rings. The van der Waals surface area contributed by atoms with Crippen molar-refractivity contribution in [3.63, 3.8) is 0 Å². The Kier molecular flexibility index (Phi) is 4.24. The molecule has 0 saturated carbocycles. The summed E-state index contributed by atoms with van der Waals surface area (Å²) >= 11 is 0. The maximum absolute atomic E-state index is 5.45. The van der Waals surface area contributed by atoms with Gasteiger partial charge in [0.15, 0.2) is 0 Å². The topological polar surface area (TPSA) is 9.23 Å². The van der Waals surface area contributed by atoms with Gasteiger partial charge in [0.25, 0.3) is 0 Å². The fourth-order valence-electron chi connectivity index (χ4n) is 4.96. The first kappa shape index (κ1) is 17.8. The second-order valence-electron chi connectivity index (χ2n) is 7.78. The van der Waals surface area contributed by atoms with Crippen molar-refractivity contribution in [3.05, 3.63) is 130 Å². The van der Waals surface area contributed by atoms with Crippen LogP contribution in [0.2, 0.25) is 0 Å². The minimum Gasteiger partial charge on any atom is -0.497 e. The lowest BCUT2D eigenvalue weighted by Crippen LogP contribution is -2.29. The van der Waals surface area contributed by atoms with Gasteiger partial charge in [-0.1, -0.05) is 90.5 Å². The highest BCUT2D eigenvalue weighted by Crippen LogP contribution is 2.56. The molecule has 0 fully saturated rings. The van der Waals surface area contributed by atoms with E-state index in [0.717, 1.165) is 12.2 Å². The van der Waals surface area contributed by atoms with Crippen LogP contribution in [0.4, 0.5) is 0 Å². The second-order valence-corrected chi connectivity index (χ2v) is 7.78. The van der Waals surface area contributed by atoms with Crippen molar-refractivity contribution in [2.24, 2.45) is 0 Å². The van der Waals surface area contributed by atoms with Gasteiger partial charge in [-0.15, -0.1) is 0 Å². The van der Waals surface area contributed by atoms with Crippen LogP contribution in [-0.2, 0) is 5.41 Å². The van der Waals surface area contributed by atoms with Gasteiger partial charge in [0, 0.05) is 0 Å². The molecule has 2 aliphatic carbocycles. The maximum Gasteiger partial charge on any atom is 0.118 e. The number of benzene rings is 3. The summed E-state index contributed by atoms with van der Waals surface area (Å²) in [5.74, 6) is 0.881. The van der Waals surface area contributed by atoms with E-state index in [4.69, 9.17) is 4.74 Å². The van der Waals surface area contributed by atoms with E-state index in [1.807, 2.05) is 0 Å². The zero-order chi connectivity index (χ0) is 19.8. The Bertz CT molecular complexity index is 1150. The van der Waals surface area contributed by atoms with Crippen molar-refractivity contribution < 1.29 is 4.74 Å². The standard InChI is InChI=1S/C28H24O/c1-20-9-8-13-25-24-12-6-7-14-26(24)28(27(25)19-20,21-10-4-3-5-11-21)22-15-17-23(29-2)18-16-22/h3-12,14-19H,13H2,1-2H3. The molecule has 0 radical (unpaired) electrons. The molecule has 0 spiro atoms. The van der Waals surface area contributed by atoms with Crippen LogP contribution in [0.15, 0.2) is 108 Å². The molecule has 1 unspecified atom stereocenters. The summed E-state index contributed by atoms with van der Waals surface area (Å²) in [6, 6.07) is 28.4. The van der Waals surface area contributed by atoms with Crippen LogP contribution in [0.25, 0.3) is 5.57 Å². The van der Waals surface area contributed by atoms with E-state index < -0.39 is 0 Å². The highest BCUT2D eigenvalue weighted by molar-refractivity contribution is 5.88. The SMILES string of the molecule is COc1ccc(C2(c3ccccc3)C3=C(CC=CC(C)=C3)c3ccccc32)cc1. The Morgan fingerprint density at radius 2 is 1.48 bits per heavy atom. The smallest absolute Gasteiger partial charge is 0.118 e. The zero-order valence-corrected chi connectivity index (χ0v) is 16.9. The molecule has 29 heavy (non-hydrogen) atoms. The Balaban J connectivity index is 1.91. The van der Waals surface area contributed by atoms with Crippen molar-refractivity contribution in [3.8, 4) is 5.75 Å². The molecule has 0 amide bonds. The Hall–Kier alpha value is -3.32. The minimum absolute atomic E-state index is 0.327. The van der Waals surface area contributed by atoms with Gasteiger partial charge in [-0.25, -0.2) is 0 Å². The van der Waals surface area contributed by atoms with Crippen molar-refractivity contribution in [1.82, 2.24) is 0 Å². The minimum atomic E-state index is -0.327. The van der Waals surface area contributed by atoms with Gasteiger partial charge in [0.05, 0.1) is 12.5 Å². The number of allylic oxidation sites excluding steroid dienone is 6. The molecule has 0 heterocycles. The van der Waals surface area contributed by atoms with E-state index in [1.54, 1.807) is 7.11 Å². The van der Waals surface area contributed by atoms with Crippen LogP contribution in [-0.4, -0.2) is 7.11 Å². The predicted molar refractivity (Wildman–Crippen MR) is 120 cm³/mol. The largest absolute Gasteiger partial charge is 0.497 e. The van der Waals surface area contributed by atoms with Gasteiger partial charge >= 0.3 is 0 Å². The summed E-state index contributed by atoms with van der Waals surface area (Å²) in [5.41, 5.74) is 9.06. The summed E-state index contributed by atoms with van der Waals surface area (Å²) in [7, 11) is 1.72. The highest BCUT2D eigenvalue weighted by atomic mass is 16.5. The average molecular weight is 376 g/mol. The van der Waals surface area contributed by atoms with Crippen molar-refractivity contribution in [1.29, 1.82) is 0 Å². The molecule has 1 heteroatoms. The monoisotopic (exact) mass is 376 g/mol. The molecular weight excluding hydrogens is 352 g/mol. The lowest BCUT2D eigenvalue weighted by molar-refractivity contribution is 0.414. The van der Waals surface area contributed by atoms with E-state index in [2.05, 4.69) is 104 Å². The quantitative estimate of drug-likeness (QED) is 0.494. The van der Waals surface area contributed by atoms with Crippen LogP contribution < -0.4 is 4.74 Å². The van der Waals surface area contributed by atoms with Gasteiger partial charge in [0.1, 0.15) is 5.75 Å². The van der Waals surface area contributed by atoms with E-state index >= 15 is 0 Å². The van der Waals surface area contributed by atoms with Crippen LogP contribution >= 0.6 is 0 Å². The fraction of sp³-hybridized carbons (Fsp3) is 0.143. The first-order chi connectivity index (χ1) is 14.2. The normalized spacial score (nSPS) is 20.0. The third-order valence-corrected chi connectivity index (χ3v) is 6.19. The first-order valence-electron chi connectivity index (χ1n) is 10.1. The lowest BCUT2D eigenvalue weighted by Gasteiger charge is -2.35. The van der Waals surface area contributed by atoms with Gasteiger partial charge in [-0.3, -0.25) is 0 Å². The first-order valence-corrected chi connectivity index (χ1v) is 10.1. The van der Waals surface area contributed by atoms with E-state index in [-0.39, 0.29) is 5.41 Å². The number of fused-ring (bicyclic) bond motifs is 2. The number of methoxy groups -OCH3 is 1. The van der Waals surface area contributed by atoms with Crippen molar-refractivity contribution in [2.75, 3.05) is 7.11 Å². The average Bonchev–Trinajstić information content (AvgIpc) is 2.89. The fourth-order valence-corrected chi connectivity index (χ4v) is 4.96. The zero-order valence-electron chi connectivity index (χ0n) is 16.9. The molecule has 3 aromatic carbocycles. The lowest BCUT2D eigenvalue weighted by atomic mass is 9.66. The molecular formula is C28H24O. The predicted octanol–water partition coefficient (Wildman–Crippen LogP) is 6.70. The molecule has 0 aromatic heterocycles. The Morgan fingerprint density at radius 3 is 2.24 bits per heavy atom. The molecule has 0 aliphatic heterocycles. The molecule has 142 valence electrons. The summed E-state index contributed by atoms with van der Waals surface area (Å²) in [6.45, 7) is 2.19. The van der Waals surface area contributed by atoms with Crippen LogP contribution in [0.1, 0.15) is 35.6 Å². The van der Waals surface area contributed by atoms with Gasteiger partial charge in [0.2, 0.25) is 0 Å². The molecule has 1 atom stereocenters. The van der Waals surface area contributed by atoms with Crippen LogP contribution in [0.5, 0.6) is 5.75 Å². The highest BCUT2D eigenvalue weighted by Gasteiger charge is 2.46. The molecule has 0 bridgehead atoms. The second kappa shape index (κ2) is 6.93. The molecule has 5 rings (SSSR count). The molecule has 1 nitrogen and oxygen atoms in total. The number of ether oxygens (including phenoxy) is 1. The maximum atomic E-state index is 5.45. The van der Waals surface area contributed by atoms with Crippen LogP contribution in [0.3, 0.4) is 0 Å². The molecule has 0 N–H and O–H groups in total. The van der Waals surface area contributed by atoms with E-state index in [9.17, 15) is 0 Å². The Morgan fingerprint density at radius 1 is 0.793 bits per heavy atom. The third-order valence-electron chi connectivity index (χ3n) is 6.19. The summed E-state index contributed by atoms with van der Waals surface area (Å²) in [6.07, 6.45) is 7.87. The third kappa shape index (κ3) is 2.61. The van der Waals surface area contributed by atoms with Gasteiger partial charge < -0.3 is 4.74 Å². The number of rotatable bonds is 3. The number of hydrogen-bond acceptors (Lipinski definition) is 1. The van der Waals surface area contributed by atoms with E-state index in [0.29, 0.717) is 0 Å². The number of hydrogen-bond donors (Lipinski definition) is 0. The summed E-state index contributed by atoms with van der Waals surface area (Å²) in [5, 5.41) is 0. The summed E-state index contributed by atoms with van der Waals surface area (Å²) < 4.78 is 5.45. The van der Waals surface area contributed by atoms with Crippen molar-refractivity contribution >= 4 is 5.57 Å². The van der Waals surface area contributed by atoms with E-state index in [1.165, 1.54) is 39.0 Å². The van der Waals surface area contributed by atoms with Gasteiger partial charge in [-0.2, -0.15) is 0 Å².